The minimum absolute atomic E-state index is 0.114. The van der Waals surface area contributed by atoms with Gasteiger partial charge in [0, 0.05) is 11.8 Å². The Labute approximate surface area is 75.1 Å². The second-order valence-corrected chi connectivity index (χ2v) is 4.40. The zero-order valence-electron chi connectivity index (χ0n) is 6.38. The van der Waals surface area contributed by atoms with E-state index >= 15 is 0 Å². The van der Waals surface area contributed by atoms with E-state index in [0.717, 1.165) is 0 Å². The van der Waals surface area contributed by atoms with Gasteiger partial charge in [-0.2, -0.15) is 0 Å². The van der Waals surface area contributed by atoms with E-state index in [0.29, 0.717) is 0 Å². The number of hydrogen-bond acceptors (Lipinski definition) is 2. The summed E-state index contributed by atoms with van der Waals surface area (Å²) in [5, 5.41) is -3.40. The Morgan fingerprint density at radius 3 is 2.15 bits per heavy atom. The largest absolute Gasteiger partial charge is 0.770 e. The monoisotopic (exact) mass is 211 g/mol. The molecule has 2 rings (SSSR count). The van der Waals surface area contributed by atoms with Crippen LogP contribution in [0.2, 0.25) is 0 Å². The quantitative estimate of drug-likeness (QED) is 0.485. The highest BCUT2D eigenvalue weighted by Gasteiger charge is 2.71. The van der Waals surface area contributed by atoms with E-state index < -0.39 is 33.8 Å². The summed E-state index contributed by atoms with van der Waals surface area (Å²) in [5.41, 5.74) is 0. The molecule has 6 heteroatoms. The lowest BCUT2D eigenvalue weighted by Gasteiger charge is -2.35. The fraction of sp³-hybridized carbons (Fsp3) is 0.714. The van der Waals surface area contributed by atoms with Gasteiger partial charge in [0.1, 0.15) is 0 Å². The summed E-state index contributed by atoms with van der Waals surface area (Å²) >= 11 is -3.39. The standard InChI is InChI=1S/C7H7F3O2S/c8-6(9)4-1-2-5(3-4)7(6,10)13(11)12/h1-2,4-5H,3H2,(H,11,12)/p-1. The molecule has 13 heavy (non-hydrogen) atoms. The van der Waals surface area contributed by atoms with Crippen molar-refractivity contribution >= 4 is 11.1 Å². The maximum Gasteiger partial charge on any atom is 0.298 e. The van der Waals surface area contributed by atoms with Crippen molar-refractivity contribution in [3.63, 3.8) is 0 Å². The summed E-state index contributed by atoms with van der Waals surface area (Å²) in [4.78, 5) is 0. The predicted molar refractivity (Wildman–Crippen MR) is 38.4 cm³/mol. The highest BCUT2D eigenvalue weighted by Crippen LogP contribution is 2.59. The van der Waals surface area contributed by atoms with Crippen LogP contribution < -0.4 is 0 Å². The summed E-state index contributed by atoms with van der Waals surface area (Å²) < 4.78 is 60.6. The van der Waals surface area contributed by atoms with Crippen molar-refractivity contribution in [3.05, 3.63) is 12.2 Å². The molecule has 0 N–H and O–H groups in total. The van der Waals surface area contributed by atoms with Crippen LogP contribution in [0.3, 0.4) is 0 Å². The molecule has 0 aromatic heterocycles. The maximum atomic E-state index is 13.5. The summed E-state index contributed by atoms with van der Waals surface area (Å²) in [6.45, 7) is 0. The third kappa shape index (κ3) is 0.852. The van der Waals surface area contributed by atoms with Gasteiger partial charge in [-0.3, -0.25) is 4.21 Å². The Morgan fingerprint density at radius 1 is 1.31 bits per heavy atom. The van der Waals surface area contributed by atoms with Crippen molar-refractivity contribution in [2.24, 2.45) is 11.8 Å². The first-order chi connectivity index (χ1) is 5.90. The highest BCUT2D eigenvalue weighted by molar-refractivity contribution is 7.80. The molecule has 4 unspecified atom stereocenters. The van der Waals surface area contributed by atoms with Gasteiger partial charge >= 0.3 is 0 Å². The molecule has 2 aliphatic rings. The molecular formula is C7H6F3O2S-. The van der Waals surface area contributed by atoms with Crippen LogP contribution in [0.4, 0.5) is 13.2 Å². The number of fused-ring (bicyclic) bond motifs is 2. The molecule has 2 bridgehead atoms. The highest BCUT2D eigenvalue weighted by atomic mass is 32.2. The number of alkyl halides is 3. The van der Waals surface area contributed by atoms with Gasteiger partial charge in [-0.05, 0) is 17.5 Å². The van der Waals surface area contributed by atoms with Crippen LogP contribution in [-0.4, -0.2) is 19.7 Å². The van der Waals surface area contributed by atoms with Crippen molar-refractivity contribution in [2.45, 2.75) is 17.3 Å². The molecule has 74 valence electrons. The second kappa shape index (κ2) is 2.36. The van der Waals surface area contributed by atoms with Crippen LogP contribution in [-0.2, 0) is 11.1 Å². The molecule has 0 heterocycles. The van der Waals surface area contributed by atoms with Crippen molar-refractivity contribution < 1.29 is 21.9 Å². The van der Waals surface area contributed by atoms with Crippen molar-refractivity contribution in [1.82, 2.24) is 0 Å². The SMILES string of the molecule is O=S([O-])C1(F)C2C=CC(C2)C1(F)F. The summed E-state index contributed by atoms with van der Waals surface area (Å²) in [5.74, 6) is -6.23. The first-order valence-electron chi connectivity index (χ1n) is 3.75. The van der Waals surface area contributed by atoms with E-state index in [1.54, 1.807) is 0 Å². The van der Waals surface area contributed by atoms with Crippen LogP contribution in [0.5, 0.6) is 0 Å². The average molecular weight is 211 g/mol. The molecule has 1 fully saturated rings. The fourth-order valence-electron chi connectivity index (χ4n) is 1.98. The first kappa shape index (κ1) is 9.21. The molecule has 0 aromatic rings. The zero-order chi connectivity index (χ0) is 9.85. The Bertz CT molecular complexity index is 304. The fourth-order valence-corrected chi connectivity index (χ4v) is 2.77. The van der Waals surface area contributed by atoms with Gasteiger partial charge in [-0.15, -0.1) is 0 Å². The molecule has 0 aromatic carbocycles. The molecule has 0 saturated heterocycles. The Kier molecular flexibility index (Phi) is 1.67. The Hall–Kier alpha value is -0.360. The molecule has 2 aliphatic carbocycles. The summed E-state index contributed by atoms with van der Waals surface area (Å²) in [6.07, 6.45) is 2.30. The summed E-state index contributed by atoms with van der Waals surface area (Å²) in [6, 6.07) is 0. The second-order valence-electron chi connectivity index (χ2n) is 3.34. The van der Waals surface area contributed by atoms with Gasteiger partial charge in [0.25, 0.3) is 5.92 Å². The van der Waals surface area contributed by atoms with Crippen molar-refractivity contribution in [1.29, 1.82) is 0 Å². The van der Waals surface area contributed by atoms with Crippen LogP contribution in [0, 0.1) is 11.8 Å². The molecular weight excluding hydrogens is 205 g/mol. The third-order valence-corrected chi connectivity index (χ3v) is 3.78. The lowest BCUT2D eigenvalue weighted by atomic mass is 10.0. The first-order valence-corrected chi connectivity index (χ1v) is 4.82. The Morgan fingerprint density at radius 2 is 1.85 bits per heavy atom. The molecule has 4 atom stereocenters. The number of allylic oxidation sites excluding steroid dienone is 2. The Balaban J connectivity index is 2.50. The zero-order valence-corrected chi connectivity index (χ0v) is 7.19. The average Bonchev–Trinajstić information content (AvgIpc) is 2.54. The van der Waals surface area contributed by atoms with Crippen LogP contribution >= 0.6 is 0 Å². The van der Waals surface area contributed by atoms with E-state index in [9.17, 15) is 21.9 Å². The molecule has 1 saturated carbocycles. The lowest BCUT2D eigenvalue weighted by molar-refractivity contribution is -0.104. The van der Waals surface area contributed by atoms with Gasteiger partial charge in [0.2, 0.25) is 5.00 Å². The summed E-state index contributed by atoms with van der Waals surface area (Å²) in [7, 11) is 0. The molecule has 2 nitrogen and oxygen atoms in total. The number of hydrogen-bond donors (Lipinski definition) is 0. The van der Waals surface area contributed by atoms with Gasteiger partial charge in [-0.25, -0.2) is 13.2 Å². The van der Waals surface area contributed by atoms with E-state index in [-0.39, 0.29) is 6.42 Å². The van der Waals surface area contributed by atoms with Gasteiger partial charge in [-0.1, -0.05) is 12.2 Å². The van der Waals surface area contributed by atoms with Gasteiger partial charge in [0.15, 0.2) is 0 Å². The minimum Gasteiger partial charge on any atom is -0.770 e. The number of rotatable bonds is 1. The number of halogens is 3. The van der Waals surface area contributed by atoms with Crippen LogP contribution in [0.25, 0.3) is 0 Å². The third-order valence-electron chi connectivity index (χ3n) is 2.72. The van der Waals surface area contributed by atoms with Crippen molar-refractivity contribution in [2.75, 3.05) is 0 Å². The van der Waals surface area contributed by atoms with Gasteiger partial charge < -0.3 is 4.55 Å². The molecule has 0 spiro atoms. The van der Waals surface area contributed by atoms with E-state index in [1.165, 1.54) is 12.2 Å². The molecule has 0 aliphatic heterocycles. The van der Waals surface area contributed by atoms with Gasteiger partial charge in [0.05, 0.1) is 0 Å². The lowest BCUT2D eigenvalue weighted by Crippen LogP contribution is -2.50. The normalized spacial score (nSPS) is 48.3. The van der Waals surface area contributed by atoms with Crippen LogP contribution in [0.15, 0.2) is 12.2 Å². The topological polar surface area (TPSA) is 40.1 Å². The van der Waals surface area contributed by atoms with E-state index in [4.69, 9.17) is 0 Å². The van der Waals surface area contributed by atoms with Crippen molar-refractivity contribution in [3.8, 4) is 0 Å². The maximum absolute atomic E-state index is 13.5. The van der Waals surface area contributed by atoms with Crippen LogP contribution in [0.1, 0.15) is 6.42 Å². The smallest absolute Gasteiger partial charge is 0.298 e. The van der Waals surface area contributed by atoms with E-state index in [1.807, 2.05) is 0 Å². The predicted octanol–water partition coefficient (Wildman–Crippen LogP) is 1.37. The molecule has 0 radical (unpaired) electrons. The minimum atomic E-state index is -3.78. The van der Waals surface area contributed by atoms with E-state index in [2.05, 4.69) is 0 Å². The molecule has 0 amide bonds.